The molecule has 10 heteroatoms. The summed E-state index contributed by atoms with van der Waals surface area (Å²) in [5.41, 5.74) is 0. The predicted molar refractivity (Wildman–Crippen MR) is 76.5 cm³/mol. The minimum Gasteiger partial charge on any atom is -0.383 e. The molecule has 0 spiro atoms. The van der Waals surface area contributed by atoms with Crippen LogP contribution in [0, 0.1) is 0 Å². The van der Waals surface area contributed by atoms with Crippen LogP contribution in [0.4, 0.5) is 0 Å². The van der Waals surface area contributed by atoms with E-state index < -0.39 is 10.0 Å². The predicted octanol–water partition coefficient (Wildman–Crippen LogP) is 0.522. The van der Waals surface area contributed by atoms with E-state index in [1.54, 1.807) is 14.1 Å². The molecule has 0 unspecified atom stereocenters. The zero-order valence-corrected chi connectivity index (χ0v) is 13.8. The van der Waals surface area contributed by atoms with E-state index in [1.165, 1.54) is 18.2 Å². The topological polar surface area (TPSA) is 79.8 Å². The molecule has 0 fully saturated rings. The largest absolute Gasteiger partial charge is 0.383 e. The molecule has 0 saturated carbocycles. The highest BCUT2D eigenvalue weighted by Gasteiger charge is 2.28. The summed E-state index contributed by atoms with van der Waals surface area (Å²) < 4.78 is 30.9. The van der Waals surface area contributed by atoms with Crippen LogP contribution in [0.2, 0.25) is 4.47 Å². The van der Waals surface area contributed by atoms with Gasteiger partial charge < -0.3 is 9.64 Å². The number of carbonyl (C=O) groups is 1. The van der Waals surface area contributed by atoms with Gasteiger partial charge in [0.15, 0.2) is 8.68 Å². The first kappa shape index (κ1) is 17.3. The number of carbonyl (C=O) groups excluding carboxylic acids is 1. The van der Waals surface area contributed by atoms with Gasteiger partial charge in [-0.3, -0.25) is 4.79 Å². The van der Waals surface area contributed by atoms with Crippen molar-refractivity contribution >= 4 is 38.9 Å². The second-order valence-corrected chi connectivity index (χ2v) is 7.83. The summed E-state index contributed by atoms with van der Waals surface area (Å²) in [5.74, 6) is -0.319. The smallest absolute Gasteiger partial charge is 0.254 e. The molecule has 0 aromatic carbocycles. The quantitative estimate of drug-likeness (QED) is 0.722. The summed E-state index contributed by atoms with van der Waals surface area (Å²) in [6, 6.07) is 0. The van der Waals surface area contributed by atoms with Crippen molar-refractivity contribution in [3.05, 3.63) is 10.7 Å². The lowest BCUT2D eigenvalue weighted by Crippen LogP contribution is -2.41. The van der Waals surface area contributed by atoms with Gasteiger partial charge in [0.25, 0.3) is 10.0 Å². The van der Waals surface area contributed by atoms with Crippen molar-refractivity contribution in [3.63, 3.8) is 0 Å². The van der Waals surface area contributed by atoms with Gasteiger partial charge in [0.05, 0.1) is 19.3 Å². The van der Waals surface area contributed by atoms with E-state index >= 15 is 0 Å². The number of hydrogen-bond acceptors (Lipinski definition) is 6. The molecular formula is C10H16ClN3O4S2. The third-order valence-corrected chi connectivity index (χ3v) is 5.80. The van der Waals surface area contributed by atoms with E-state index in [0.29, 0.717) is 0 Å². The van der Waals surface area contributed by atoms with Gasteiger partial charge in [0.2, 0.25) is 5.91 Å². The highest BCUT2D eigenvalue weighted by atomic mass is 35.5. The van der Waals surface area contributed by atoms with Gasteiger partial charge in [-0.25, -0.2) is 13.4 Å². The maximum absolute atomic E-state index is 12.4. The summed E-state index contributed by atoms with van der Waals surface area (Å²) in [6.45, 7) is 0.00855. The number of thiazole rings is 1. The highest BCUT2D eigenvalue weighted by molar-refractivity contribution is 7.91. The number of sulfonamides is 1. The monoisotopic (exact) mass is 341 g/mol. The minimum absolute atomic E-state index is 0.00478. The Labute approximate surface area is 127 Å². The van der Waals surface area contributed by atoms with Crippen LogP contribution < -0.4 is 0 Å². The number of nitrogens with zero attached hydrogens (tertiary/aromatic N) is 3. The molecule has 1 aromatic rings. The molecule has 7 nitrogen and oxygen atoms in total. The Bertz CT molecular complexity index is 559. The summed E-state index contributed by atoms with van der Waals surface area (Å²) in [7, 11) is 0.782. The SMILES string of the molecule is COCCN(CC(=O)N(C)C)S(=O)(=O)c1cnc(Cl)s1. The Morgan fingerprint density at radius 3 is 2.60 bits per heavy atom. The number of rotatable bonds is 7. The van der Waals surface area contributed by atoms with Crippen LogP contribution in [0.25, 0.3) is 0 Å². The lowest BCUT2D eigenvalue weighted by atomic mass is 10.5. The number of halogens is 1. The van der Waals surface area contributed by atoms with Gasteiger partial charge in [0.1, 0.15) is 0 Å². The summed E-state index contributed by atoms with van der Waals surface area (Å²) in [4.78, 5) is 16.8. The van der Waals surface area contributed by atoms with Crippen LogP contribution in [0.3, 0.4) is 0 Å². The first-order valence-corrected chi connectivity index (χ1v) is 8.23. The van der Waals surface area contributed by atoms with Gasteiger partial charge >= 0.3 is 0 Å². The number of amides is 1. The van der Waals surface area contributed by atoms with Crippen LogP contribution in [0.1, 0.15) is 0 Å². The Morgan fingerprint density at radius 1 is 1.50 bits per heavy atom. The van der Waals surface area contributed by atoms with Crippen molar-refractivity contribution in [2.75, 3.05) is 40.9 Å². The molecule has 20 heavy (non-hydrogen) atoms. The first-order valence-electron chi connectivity index (χ1n) is 5.59. The Morgan fingerprint density at radius 2 is 2.15 bits per heavy atom. The third-order valence-electron chi connectivity index (χ3n) is 2.41. The zero-order chi connectivity index (χ0) is 15.3. The normalized spacial score (nSPS) is 11.8. The van der Waals surface area contributed by atoms with Crippen molar-refractivity contribution < 1.29 is 17.9 Å². The maximum atomic E-state index is 12.4. The molecule has 0 bridgehead atoms. The van der Waals surface area contributed by atoms with E-state index in [-0.39, 0.29) is 34.3 Å². The van der Waals surface area contributed by atoms with E-state index in [1.807, 2.05) is 0 Å². The molecule has 1 heterocycles. The molecule has 0 aliphatic carbocycles. The van der Waals surface area contributed by atoms with Crippen molar-refractivity contribution in [1.29, 1.82) is 0 Å². The Kier molecular flexibility index (Phi) is 6.34. The van der Waals surface area contributed by atoms with E-state index in [0.717, 1.165) is 15.6 Å². The van der Waals surface area contributed by atoms with Gasteiger partial charge in [-0.1, -0.05) is 22.9 Å². The van der Waals surface area contributed by atoms with E-state index in [2.05, 4.69) is 4.98 Å². The molecule has 0 N–H and O–H groups in total. The molecule has 0 aliphatic rings. The molecule has 0 radical (unpaired) electrons. The summed E-state index contributed by atoms with van der Waals surface area (Å²) >= 11 is 6.51. The van der Waals surface area contributed by atoms with Gasteiger partial charge in [-0.2, -0.15) is 4.31 Å². The van der Waals surface area contributed by atoms with Gasteiger partial charge in [-0.05, 0) is 0 Å². The average molecular weight is 342 g/mol. The van der Waals surface area contributed by atoms with Crippen LogP contribution in [-0.2, 0) is 19.6 Å². The molecule has 0 aliphatic heterocycles. The number of likely N-dealkylation sites (N-methyl/N-ethyl adjacent to an activating group) is 1. The molecule has 0 atom stereocenters. The molecular weight excluding hydrogens is 326 g/mol. The van der Waals surface area contributed by atoms with Crippen molar-refractivity contribution in [1.82, 2.24) is 14.2 Å². The molecule has 114 valence electrons. The summed E-state index contributed by atoms with van der Waals surface area (Å²) in [6.07, 6.45) is 1.18. The fourth-order valence-electron chi connectivity index (χ4n) is 1.26. The summed E-state index contributed by atoms with van der Waals surface area (Å²) in [5, 5.41) is 0. The molecule has 0 saturated heterocycles. The van der Waals surface area contributed by atoms with Crippen LogP contribution in [-0.4, -0.2) is 69.4 Å². The van der Waals surface area contributed by atoms with E-state index in [9.17, 15) is 13.2 Å². The maximum Gasteiger partial charge on any atom is 0.254 e. The highest BCUT2D eigenvalue weighted by Crippen LogP contribution is 2.25. The Balaban J connectivity index is 3.00. The average Bonchev–Trinajstić information content (AvgIpc) is 2.81. The molecule has 1 rings (SSSR count). The molecule has 1 amide bonds. The van der Waals surface area contributed by atoms with Crippen molar-refractivity contribution in [3.8, 4) is 0 Å². The number of aromatic nitrogens is 1. The third kappa shape index (κ3) is 4.38. The fraction of sp³-hybridized carbons (Fsp3) is 0.600. The lowest BCUT2D eigenvalue weighted by Gasteiger charge is -2.22. The number of methoxy groups -OCH3 is 1. The van der Waals surface area contributed by atoms with Crippen LogP contribution in [0.5, 0.6) is 0 Å². The minimum atomic E-state index is -3.80. The van der Waals surface area contributed by atoms with E-state index in [4.69, 9.17) is 16.3 Å². The second-order valence-electron chi connectivity index (χ2n) is 4.05. The van der Waals surface area contributed by atoms with Crippen molar-refractivity contribution in [2.45, 2.75) is 4.21 Å². The van der Waals surface area contributed by atoms with Crippen LogP contribution in [0.15, 0.2) is 10.4 Å². The van der Waals surface area contributed by atoms with Crippen LogP contribution >= 0.6 is 22.9 Å². The second kappa shape index (κ2) is 7.32. The van der Waals surface area contributed by atoms with Crippen molar-refractivity contribution in [2.24, 2.45) is 0 Å². The first-order chi connectivity index (χ1) is 9.28. The standard InChI is InChI=1S/C10H16ClN3O4S2/c1-13(2)8(15)7-14(4-5-18-3)20(16,17)9-6-12-10(11)19-9/h6H,4-5,7H2,1-3H3. The zero-order valence-electron chi connectivity index (χ0n) is 11.4. The Hall–Kier alpha value is -0.740. The molecule has 1 aromatic heterocycles. The van der Waals surface area contributed by atoms with Gasteiger partial charge in [0, 0.05) is 27.7 Å². The van der Waals surface area contributed by atoms with Gasteiger partial charge in [-0.15, -0.1) is 0 Å². The number of hydrogen-bond donors (Lipinski definition) is 0. The number of ether oxygens (including phenoxy) is 1. The lowest BCUT2D eigenvalue weighted by molar-refractivity contribution is -0.128. The fourth-order valence-corrected chi connectivity index (χ4v) is 4.08.